The molecule has 0 bridgehead atoms. The van der Waals surface area contributed by atoms with Crippen molar-refractivity contribution in [3.8, 4) is 5.75 Å². The van der Waals surface area contributed by atoms with E-state index >= 15 is 0 Å². The molecule has 0 saturated heterocycles. The molecule has 0 unspecified atom stereocenters. The number of fused-ring (bicyclic) bond motifs is 1. The van der Waals surface area contributed by atoms with Gasteiger partial charge in [-0.2, -0.15) is 0 Å². The summed E-state index contributed by atoms with van der Waals surface area (Å²) in [5.74, 6) is 2.57. The van der Waals surface area contributed by atoms with Crippen LogP contribution in [0.4, 0.5) is 0 Å². The van der Waals surface area contributed by atoms with Crippen LogP contribution in [0.5, 0.6) is 5.75 Å². The fourth-order valence-electron chi connectivity index (χ4n) is 4.06. The number of hydrogen-bond donors (Lipinski definition) is 0. The Hall–Kier alpha value is -2.01. The minimum absolute atomic E-state index is 0.580. The number of rotatable bonds is 4. The van der Waals surface area contributed by atoms with Crippen LogP contribution < -0.4 is 4.74 Å². The molecular weight excluding hydrogens is 312 g/mol. The van der Waals surface area contributed by atoms with Crippen LogP contribution in [0.15, 0.2) is 24.7 Å². The Morgan fingerprint density at radius 1 is 1.20 bits per heavy atom. The van der Waals surface area contributed by atoms with Crippen LogP contribution >= 0.6 is 0 Å². The van der Waals surface area contributed by atoms with Crippen molar-refractivity contribution in [3.05, 3.63) is 47.3 Å². The van der Waals surface area contributed by atoms with Crippen LogP contribution in [0.1, 0.15) is 60.7 Å². The van der Waals surface area contributed by atoms with Gasteiger partial charge in [-0.25, -0.2) is 9.97 Å². The van der Waals surface area contributed by atoms with Crippen LogP contribution in [0.3, 0.4) is 0 Å². The van der Waals surface area contributed by atoms with Gasteiger partial charge in [-0.15, -0.1) is 0 Å². The van der Waals surface area contributed by atoms with E-state index in [2.05, 4.69) is 16.1 Å². The molecule has 25 heavy (non-hydrogen) atoms. The van der Waals surface area contributed by atoms with Crippen molar-refractivity contribution >= 4 is 0 Å². The van der Waals surface area contributed by atoms with Gasteiger partial charge in [-0.05, 0) is 18.9 Å². The zero-order chi connectivity index (χ0) is 17.1. The van der Waals surface area contributed by atoms with Gasteiger partial charge in [-0.3, -0.25) is 9.88 Å². The highest BCUT2D eigenvalue weighted by Crippen LogP contribution is 2.31. The Kier molecular flexibility index (Phi) is 4.92. The van der Waals surface area contributed by atoms with E-state index in [1.54, 1.807) is 13.3 Å². The molecule has 1 aliphatic carbocycles. The maximum Gasteiger partial charge on any atom is 0.131 e. The summed E-state index contributed by atoms with van der Waals surface area (Å²) >= 11 is 0. The molecule has 4 rings (SSSR count). The molecular formula is C20H26N4O. The SMILES string of the molecule is COc1ccncc1CN1CCc2nc(C3CCCCC3)ncc2C1. The molecule has 0 amide bonds. The Labute approximate surface area is 149 Å². The van der Waals surface area contributed by atoms with E-state index < -0.39 is 0 Å². The van der Waals surface area contributed by atoms with Gasteiger partial charge in [0.2, 0.25) is 0 Å². The van der Waals surface area contributed by atoms with Gasteiger partial charge in [0.1, 0.15) is 11.6 Å². The van der Waals surface area contributed by atoms with Gasteiger partial charge < -0.3 is 4.74 Å². The molecule has 5 heteroatoms. The van der Waals surface area contributed by atoms with Crippen molar-refractivity contribution in [1.29, 1.82) is 0 Å². The Bertz CT molecular complexity index is 727. The van der Waals surface area contributed by atoms with E-state index in [-0.39, 0.29) is 0 Å². The van der Waals surface area contributed by atoms with Crippen LogP contribution in [-0.2, 0) is 19.5 Å². The summed E-state index contributed by atoms with van der Waals surface area (Å²) in [7, 11) is 1.71. The van der Waals surface area contributed by atoms with Crippen molar-refractivity contribution in [3.63, 3.8) is 0 Å². The Balaban J connectivity index is 1.46. The van der Waals surface area contributed by atoms with Gasteiger partial charge in [-0.1, -0.05) is 19.3 Å². The van der Waals surface area contributed by atoms with E-state index in [0.717, 1.165) is 43.2 Å². The number of nitrogens with zero attached hydrogens (tertiary/aromatic N) is 4. The Morgan fingerprint density at radius 3 is 2.92 bits per heavy atom. The molecule has 0 radical (unpaired) electrons. The summed E-state index contributed by atoms with van der Waals surface area (Å²) in [6.45, 7) is 2.77. The number of hydrogen-bond acceptors (Lipinski definition) is 5. The number of aromatic nitrogens is 3. The Morgan fingerprint density at radius 2 is 2.08 bits per heavy atom. The number of pyridine rings is 1. The predicted molar refractivity (Wildman–Crippen MR) is 96.5 cm³/mol. The molecule has 3 heterocycles. The molecule has 5 nitrogen and oxygen atoms in total. The minimum atomic E-state index is 0.580. The summed E-state index contributed by atoms with van der Waals surface area (Å²) in [5, 5.41) is 0. The van der Waals surface area contributed by atoms with E-state index in [1.807, 2.05) is 12.3 Å². The summed E-state index contributed by atoms with van der Waals surface area (Å²) < 4.78 is 5.45. The van der Waals surface area contributed by atoms with Gasteiger partial charge >= 0.3 is 0 Å². The highest BCUT2D eigenvalue weighted by atomic mass is 16.5. The molecule has 0 N–H and O–H groups in total. The van der Waals surface area contributed by atoms with Crippen molar-refractivity contribution in [2.75, 3.05) is 13.7 Å². The van der Waals surface area contributed by atoms with Crippen LogP contribution in [0.2, 0.25) is 0 Å². The summed E-state index contributed by atoms with van der Waals surface area (Å²) in [5.41, 5.74) is 3.66. The third kappa shape index (κ3) is 3.66. The second kappa shape index (κ2) is 7.48. The lowest BCUT2D eigenvalue weighted by atomic mass is 9.88. The standard InChI is InChI=1S/C20H26N4O/c1-25-19-7-9-21-11-17(19)14-24-10-8-18-16(13-24)12-22-20(23-18)15-5-3-2-4-6-15/h7,9,11-12,15H,2-6,8,10,13-14H2,1H3. The summed E-state index contributed by atoms with van der Waals surface area (Å²) in [4.78, 5) is 16.3. The van der Waals surface area contributed by atoms with Crippen LogP contribution in [0, 0.1) is 0 Å². The zero-order valence-electron chi connectivity index (χ0n) is 14.9. The van der Waals surface area contributed by atoms with Gasteiger partial charge in [0, 0.05) is 67.4 Å². The zero-order valence-corrected chi connectivity index (χ0v) is 14.9. The highest BCUT2D eigenvalue weighted by Gasteiger charge is 2.23. The maximum absolute atomic E-state index is 5.45. The first-order valence-corrected chi connectivity index (χ1v) is 9.37. The minimum Gasteiger partial charge on any atom is -0.496 e. The molecule has 0 spiro atoms. The smallest absolute Gasteiger partial charge is 0.131 e. The molecule has 1 saturated carbocycles. The topological polar surface area (TPSA) is 51.1 Å². The average molecular weight is 338 g/mol. The van der Waals surface area contributed by atoms with Gasteiger partial charge in [0.05, 0.1) is 7.11 Å². The summed E-state index contributed by atoms with van der Waals surface area (Å²) in [6, 6.07) is 1.92. The molecule has 1 fully saturated rings. The fourth-order valence-corrected chi connectivity index (χ4v) is 4.06. The molecule has 0 aromatic carbocycles. The van der Waals surface area contributed by atoms with Crippen LogP contribution in [0.25, 0.3) is 0 Å². The van der Waals surface area contributed by atoms with Gasteiger partial charge in [0.15, 0.2) is 0 Å². The van der Waals surface area contributed by atoms with Crippen LogP contribution in [-0.4, -0.2) is 33.5 Å². The largest absolute Gasteiger partial charge is 0.496 e. The third-order valence-corrected chi connectivity index (χ3v) is 5.47. The van der Waals surface area contributed by atoms with Crippen molar-refractivity contribution < 1.29 is 4.74 Å². The molecule has 1 aliphatic heterocycles. The molecule has 2 aromatic rings. The van der Waals surface area contributed by atoms with Crippen molar-refractivity contribution in [1.82, 2.24) is 19.9 Å². The molecule has 132 valence electrons. The number of ether oxygens (including phenoxy) is 1. The quantitative estimate of drug-likeness (QED) is 0.854. The first kappa shape index (κ1) is 16.5. The lowest BCUT2D eigenvalue weighted by Crippen LogP contribution is -2.31. The van der Waals surface area contributed by atoms with Crippen molar-refractivity contribution in [2.24, 2.45) is 0 Å². The first-order chi connectivity index (χ1) is 12.3. The third-order valence-electron chi connectivity index (χ3n) is 5.47. The normalized spacial score (nSPS) is 18.8. The summed E-state index contributed by atoms with van der Waals surface area (Å²) in [6.07, 6.45) is 13.3. The van der Waals surface area contributed by atoms with E-state index in [0.29, 0.717) is 5.92 Å². The first-order valence-electron chi connectivity index (χ1n) is 9.37. The van der Waals surface area contributed by atoms with E-state index in [9.17, 15) is 0 Å². The van der Waals surface area contributed by atoms with E-state index in [4.69, 9.17) is 14.7 Å². The second-order valence-corrected chi connectivity index (χ2v) is 7.18. The average Bonchev–Trinajstić information content (AvgIpc) is 2.68. The maximum atomic E-state index is 5.45. The number of methoxy groups -OCH3 is 1. The lowest BCUT2D eigenvalue weighted by Gasteiger charge is -2.29. The lowest BCUT2D eigenvalue weighted by molar-refractivity contribution is 0.238. The second-order valence-electron chi connectivity index (χ2n) is 7.18. The van der Waals surface area contributed by atoms with E-state index in [1.165, 1.54) is 43.4 Å². The highest BCUT2D eigenvalue weighted by molar-refractivity contribution is 5.30. The molecule has 0 atom stereocenters. The van der Waals surface area contributed by atoms with Crippen molar-refractivity contribution in [2.45, 2.75) is 57.5 Å². The predicted octanol–water partition coefficient (Wildman–Crippen LogP) is 3.49. The molecule has 2 aromatic heterocycles. The molecule has 2 aliphatic rings. The monoisotopic (exact) mass is 338 g/mol. The van der Waals surface area contributed by atoms with Gasteiger partial charge in [0.25, 0.3) is 0 Å². The fraction of sp³-hybridized carbons (Fsp3) is 0.550.